The van der Waals surface area contributed by atoms with Gasteiger partial charge in [-0.2, -0.15) is 0 Å². The Labute approximate surface area is 55.5 Å². The first-order valence-electron chi connectivity index (χ1n) is 3.65. The first kappa shape index (κ1) is 5.30. The molecule has 0 aliphatic carbocycles. The van der Waals surface area contributed by atoms with E-state index in [1.54, 1.807) is 0 Å². The second-order valence-corrected chi connectivity index (χ2v) is 2.72. The lowest BCUT2D eigenvalue weighted by Crippen LogP contribution is -2.33. The van der Waals surface area contributed by atoms with Gasteiger partial charge in [0.2, 0.25) is 0 Å². The van der Waals surface area contributed by atoms with Crippen LogP contribution in [0, 0.1) is 0 Å². The molecule has 0 bridgehead atoms. The molecular formula is C7H12N2. The third kappa shape index (κ3) is 0.833. The summed E-state index contributed by atoms with van der Waals surface area (Å²) in [5, 5.41) is 2.24. The van der Waals surface area contributed by atoms with Crippen LogP contribution in [0.3, 0.4) is 0 Å². The van der Waals surface area contributed by atoms with Crippen LogP contribution >= 0.6 is 0 Å². The minimum absolute atomic E-state index is 0.801. The van der Waals surface area contributed by atoms with Crippen molar-refractivity contribution in [2.75, 3.05) is 6.54 Å². The Morgan fingerprint density at radius 1 is 1.44 bits per heavy atom. The SMILES string of the molecule is C1=CN2NCCC2CC1. The highest BCUT2D eigenvalue weighted by Gasteiger charge is 2.22. The van der Waals surface area contributed by atoms with Crippen molar-refractivity contribution in [2.24, 2.45) is 0 Å². The van der Waals surface area contributed by atoms with Gasteiger partial charge in [-0.25, -0.2) is 5.43 Å². The smallest absolute Gasteiger partial charge is 0.0463 e. The summed E-state index contributed by atoms with van der Waals surface area (Å²) < 4.78 is 0. The Bertz CT molecular complexity index is 131. The molecule has 2 heterocycles. The summed E-state index contributed by atoms with van der Waals surface area (Å²) in [5.41, 5.74) is 3.31. The number of hydrazine groups is 1. The molecule has 0 saturated carbocycles. The number of nitrogens with one attached hydrogen (secondary N) is 1. The molecule has 2 nitrogen and oxygen atoms in total. The summed E-state index contributed by atoms with van der Waals surface area (Å²) in [6.07, 6.45) is 8.33. The molecule has 1 fully saturated rings. The second-order valence-electron chi connectivity index (χ2n) is 2.72. The number of hydrogen-bond donors (Lipinski definition) is 1. The molecule has 0 spiro atoms. The van der Waals surface area contributed by atoms with Crippen molar-refractivity contribution >= 4 is 0 Å². The monoisotopic (exact) mass is 124 g/mol. The highest BCUT2D eigenvalue weighted by atomic mass is 15.5. The number of rotatable bonds is 0. The third-order valence-electron chi connectivity index (χ3n) is 2.10. The minimum atomic E-state index is 0.801. The molecule has 2 heteroatoms. The van der Waals surface area contributed by atoms with E-state index in [0.717, 1.165) is 12.6 Å². The van der Waals surface area contributed by atoms with Gasteiger partial charge in [-0.15, -0.1) is 0 Å². The summed E-state index contributed by atoms with van der Waals surface area (Å²) in [6.45, 7) is 1.16. The maximum atomic E-state index is 3.31. The van der Waals surface area contributed by atoms with Crippen molar-refractivity contribution in [1.82, 2.24) is 10.4 Å². The molecule has 2 rings (SSSR count). The highest BCUT2D eigenvalue weighted by Crippen LogP contribution is 2.18. The topological polar surface area (TPSA) is 15.3 Å². The van der Waals surface area contributed by atoms with Crippen molar-refractivity contribution in [3.63, 3.8) is 0 Å². The Morgan fingerprint density at radius 3 is 3.33 bits per heavy atom. The Kier molecular flexibility index (Phi) is 1.19. The Hall–Kier alpha value is -0.500. The largest absolute Gasteiger partial charge is 0.313 e. The normalized spacial score (nSPS) is 32.9. The van der Waals surface area contributed by atoms with Gasteiger partial charge in [0.25, 0.3) is 0 Å². The van der Waals surface area contributed by atoms with Gasteiger partial charge < -0.3 is 5.01 Å². The molecular weight excluding hydrogens is 112 g/mol. The summed E-state index contributed by atoms with van der Waals surface area (Å²) in [7, 11) is 0. The predicted octanol–water partition coefficient (Wildman–Crippen LogP) is 0.873. The molecule has 0 aromatic heterocycles. The number of allylic oxidation sites excluding steroid dienone is 1. The van der Waals surface area contributed by atoms with Crippen LogP contribution in [-0.4, -0.2) is 17.6 Å². The molecule has 9 heavy (non-hydrogen) atoms. The van der Waals surface area contributed by atoms with Gasteiger partial charge in [0, 0.05) is 18.8 Å². The molecule has 2 aliphatic heterocycles. The fourth-order valence-corrected chi connectivity index (χ4v) is 1.56. The van der Waals surface area contributed by atoms with E-state index in [-0.39, 0.29) is 0 Å². The fourth-order valence-electron chi connectivity index (χ4n) is 1.56. The van der Waals surface area contributed by atoms with E-state index in [1.165, 1.54) is 19.3 Å². The van der Waals surface area contributed by atoms with Gasteiger partial charge in [-0.05, 0) is 19.3 Å². The maximum absolute atomic E-state index is 3.31. The number of fused-ring (bicyclic) bond motifs is 1. The van der Waals surface area contributed by atoms with Crippen LogP contribution in [-0.2, 0) is 0 Å². The first-order chi connectivity index (χ1) is 4.47. The summed E-state index contributed by atoms with van der Waals surface area (Å²) in [6, 6.07) is 0.801. The summed E-state index contributed by atoms with van der Waals surface area (Å²) in [4.78, 5) is 0. The standard InChI is InChI=1S/C7H12N2/c1-2-6-9-7(3-1)4-5-8-9/h2,6-8H,1,3-5H2. The van der Waals surface area contributed by atoms with E-state index in [4.69, 9.17) is 0 Å². The van der Waals surface area contributed by atoms with Crippen molar-refractivity contribution in [2.45, 2.75) is 25.3 Å². The van der Waals surface area contributed by atoms with Crippen LogP contribution in [0.25, 0.3) is 0 Å². The van der Waals surface area contributed by atoms with Crippen molar-refractivity contribution in [1.29, 1.82) is 0 Å². The molecule has 0 amide bonds. The van der Waals surface area contributed by atoms with Crippen LogP contribution in [0.1, 0.15) is 19.3 Å². The summed E-state index contributed by atoms with van der Waals surface area (Å²) in [5.74, 6) is 0. The van der Waals surface area contributed by atoms with Gasteiger partial charge in [0.05, 0.1) is 0 Å². The molecule has 1 atom stereocenters. The van der Waals surface area contributed by atoms with Crippen LogP contribution in [0.4, 0.5) is 0 Å². The molecule has 1 unspecified atom stereocenters. The molecule has 1 N–H and O–H groups in total. The molecule has 0 radical (unpaired) electrons. The molecule has 1 saturated heterocycles. The number of nitrogens with zero attached hydrogens (tertiary/aromatic N) is 1. The highest BCUT2D eigenvalue weighted by molar-refractivity contribution is 4.94. The fraction of sp³-hybridized carbons (Fsp3) is 0.714. The average molecular weight is 124 g/mol. The Balaban J connectivity index is 2.10. The lowest BCUT2D eigenvalue weighted by atomic mass is 10.1. The van der Waals surface area contributed by atoms with E-state index >= 15 is 0 Å². The van der Waals surface area contributed by atoms with E-state index in [9.17, 15) is 0 Å². The third-order valence-corrected chi connectivity index (χ3v) is 2.10. The molecule has 50 valence electrons. The van der Waals surface area contributed by atoms with Crippen molar-refractivity contribution in [3.05, 3.63) is 12.3 Å². The quantitative estimate of drug-likeness (QED) is 0.515. The zero-order chi connectivity index (χ0) is 6.10. The molecule has 0 aromatic rings. The van der Waals surface area contributed by atoms with Crippen LogP contribution in [0.2, 0.25) is 0 Å². The zero-order valence-corrected chi connectivity index (χ0v) is 5.51. The first-order valence-corrected chi connectivity index (χ1v) is 3.65. The van der Waals surface area contributed by atoms with Gasteiger partial charge in [-0.1, -0.05) is 6.08 Å². The van der Waals surface area contributed by atoms with Gasteiger partial charge in [-0.3, -0.25) is 0 Å². The lowest BCUT2D eigenvalue weighted by molar-refractivity contribution is 0.251. The lowest BCUT2D eigenvalue weighted by Gasteiger charge is -2.24. The predicted molar refractivity (Wildman–Crippen MR) is 36.6 cm³/mol. The second kappa shape index (κ2) is 2.03. The number of hydrogen-bond acceptors (Lipinski definition) is 2. The minimum Gasteiger partial charge on any atom is -0.313 e. The zero-order valence-electron chi connectivity index (χ0n) is 5.51. The van der Waals surface area contributed by atoms with Crippen LogP contribution in [0.5, 0.6) is 0 Å². The van der Waals surface area contributed by atoms with E-state index in [2.05, 4.69) is 22.7 Å². The molecule has 0 aromatic carbocycles. The Morgan fingerprint density at radius 2 is 2.44 bits per heavy atom. The van der Waals surface area contributed by atoms with Crippen LogP contribution in [0.15, 0.2) is 12.3 Å². The summed E-state index contributed by atoms with van der Waals surface area (Å²) >= 11 is 0. The maximum Gasteiger partial charge on any atom is 0.0463 e. The van der Waals surface area contributed by atoms with Gasteiger partial charge >= 0.3 is 0 Å². The molecule has 2 aliphatic rings. The van der Waals surface area contributed by atoms with Crippen molar-refractivity contribution < 1.29 is 0 Å². The van der Waals surface area contributed by atoms with Crippen molar-refractivity contribution in [3.8, 4) is 0 Å². The average Bonchev–Trinajstić information content (AvgIpc) is 2.33. The van der Waals surface area contributed by atoms with Gasteiger partial charge in [0.15, 0.2) is 0 Å². The van der Waals surface area contributed by atoms with Crippen LogP contribution < -0.4 is 5.43 Å². The van der Waals surface area contributed by atoms with E-state index in [0.29, 0.717) is 0 Å². The van der Waals surface area contributed by atoms with E-state index < -0.39 is 0 Å². The van der Waals surface area contributed by atoms with Gasteiger partial charge in [0.1, 0.15) is 0 Å². The van der Waals surface area contributed by atoms with E-state index in [1.807, 2.05) is 0 Å².